The van der Waals surface area contributed by atoms with E-state index in [-0.39, 0.29) is 11.8 Å². The van der Waals surface area contributed by atoms with Crippen LogP contribution in [0, 0.1) is 0 Å². The maximum absolute atomic E-state index is 12.5. The van der Waals surface area contributed by atoms with Crippen molar-refractivity contribution in [3.05, 3.63) is 52.2 Å². The molecule has 24 heavy (non-hydrogen) atoms. The Morgan fingerprint density at radius 3 is 2.71 bits per heavy atom. The molecule has 1 aromatic carbocycles. The Balaban J connectivity index is 1.51. The molecule has 124 valence electrons. The van der Waals surface area contributed by atoms with E-state index in [0.717, 1.165) is 4.88 Å². The number of benzene rings is 1. The second-order valence-corrected chi connectivity index (χ2v) is 7.18. The summed E-state index contributed by atoms with van der Waals surface area (Å²) in [6.45, 7) is 1.74. The number of carbonyl (C=O) groups is 2. The molecule has 5 nitrogen and oxygen atoms in total. The first-order chi connectivity index (χ1) is 11.7. The highest BCUT2D eigenvalue weighted by atomic mass is 32.1. The van der Waals surface area contributed by atoms with Crippen LogP contribution in [0.1, 0.15) is 32.9 Å². The summed E-state index contributed by atoms with van der Waals surface area (Å²) in [5, 5.41) is 4.88. The topological polar surface area (TPSA) is 58.6 Å². The van der Waals surface area contributed by atoms with E-state index in [9.17, 15) is 9.59 Å². The number of amides is 2. The molecule has 0 atom stereocenters. The van der Waals surface area contributed by atoms with Crippen molar-refractivity contribution in [3.8, 4) is 5.75 Å². The van der Waals surface area contributed by atoms with Gasteiger partial charge in [-0.1, -0.05) is 18.2 Å². The maximum atomic E-state index is 12.5. The number of thiophene rings is 1. The Bertz CT molecular complexity index is 764. The van der Waals surface area contributed by atoms with Gasteiger partial charge in [0.25, 0.3) is 11.8 Å². The molecule has 1 saturated heterocycles. The fourth-order valence-electron chi connectivity index (χ4n) is 3.30. The number of fused-ring (bicyclic) bond motifs is 1. The molecule has 6 heteroatoms. The van der Waals surface area contributed by atoms with Gasteiger partial charge in [-0.2, -0.15) is 0 Å². The van der Waals surface area contributed by atoms with Gasteiger partial charge in [0, 0.05) is 25.9 Å². The van der Waals surface area contributed by atoms with Crippen LogP contribution in [-0.2, 0) is 0 Å². The van der Waals surface area contributed by atoms with Crippen LogP contribution < -0.4 is 10.1 Å². The fourth-order valence-corrected chi connectivity index (χ4v) is 3.99. The van der Waals surface area contributed by atoms with E-state index in [1.165, 1.54) is 11.3 Å². The highest BCUT2D eigenvalue weighted by molar-refractivity contribution is 7.12. The molecule has 1 spiro atoms. The average Bonchev–Trinajstić information content (AvgIpc) is 3.11. The summed E-state index contributed by atoms with van der Waals surface area (Å²) in [5.74, 6) is 0.614. The van der Waals surface area contributed by atoms with E-state index in [1.807, 2.05) is 40.6 Å². The Morgan fingerprint density at radius 1 is 1.17 bits per heavy atom. The van der Waals surface area contributed by atoms with E-state index in [4.69, 9.17) is 4.74 Å². The van der Waals surface area contributed by atoms with Gasteiger partial charge in [-0.15, -0.1) is 11.3 Å². The average molecular weight is 342 g/mol. The van der Waals surface area contributed by atoms with Crippen LogP contribution in [0.25, 0.3) is 0 Å². The molecular formula is C18H18N2O3S. The molecule has 1 N–H and O–H groups in total. The van der Waals surface area contributed by atoms with Crippen LogP contribution in [0.2, 0.25) is 0 Å². The van der Waals surface area contributed by atoms with Crippen molar-refractivity contribution in [2.45, 2.75) is 18.4 Å². The van der Waals surface area contributed by atoms with Gasteiger partial charge < -0.3 is 15.0 Å². The molecule has 1 aromatic heterocycles. The van der Waals surface area contributed by atoms with Crippen molar-refractivity contribution in [1.29, 1.82) is 0 Å². The van der Waals surface area contributed by atoms with Crippen LogP contribution in [0.5, 0.6) is 5.75 Å². The summed E-state index contributed by atoms with van der Waals surface area (Å²) < 4.78 is 6.26. The lowest BCUT2D eigenvalue weighted by atomic mass is 9.90. The lowest BCUT2D eigenvalue weighted by Gasteiger charge is -2.41. The third-order valence-electron chi connectivity index (χ3n) is 4.72. The van der Waals surface area contributed by atoms with E-state index >= 15 is 0 Å². The molecule has 3 heterocycles. The largest absolute Gasteiger partial charge is 0.484 e. The van der Waals surface area contributed by atoms with E-state index in [0.29, 0.717) is 43.8 Å². The minimum Gasteiger partial charge on any atom is -0.484 e. The van der Waals surface area contributed by atoms with E-state index < -0.39 is 5.60 Å². The van der Waals surface area contributed by atoms with Crippen LogP contribution in [0.4, 0.5) is 0 Å². The molecular weight excluding hydrogens is 324 g/mol. The van der Waals surface area contributed by atoms with E-state index in [2.05, 4.69) is 5.32 Å². The second-order valence-electron chi connectivity index (χ2n) is 6.23. The number of hydrogen-bond acceptors (Lipinski definition) is 4. The summed E-state index contributed by atoms with van der Waals surface area (Å²) in [6.07, 6.45) is 1.41. The number of para-hydroxylation sites is 1. The Kier molecular flexibility index (Phi) is 3.76. The van der Waals surface area contributed by atoms with Crippen LogP contribution in [0.15, 0.2) is 41.8 Å². The quantitative estimate of drug-likeness (QED) is 0.866. The number of carbonyl (C=O) groups excluding carboxylic acids is 2. The minimum absolute atomic E-state index is 0.0814. The Hall–Kier alpha value is -2.34. The van der Waals surface area contributed by atoms with Crippen molar-refractivity contribution in [2.75, 3.05) is 19.6 Å². The van der Waals surface area contributed by atoms with Crippen molar-refractivity contribution in [2.24, 2.45) is 0 Å². The number of likely N-dealkylation sites (tertiary alicyclic amines) is 1. The van der Waals surface area contributed by atoms with Gasteiger partial charge in [0.1, 0.15) is 11.4 Å². The molecule has 0 unspecified atom stereocenters. The van der Waals surface area contributed by atoms with Crippen LogP contribution >= 0.6 is 11.3 Å². The summed E-state index contributed by atoms with van der Waals surface area (Å²) in [6, 6.07) is 11.1. The Labute approximate surface area is 144 Å². The number of hydrogen-bond donors (Lipinski definition) is 1. The molecule has 2 aliphatic rings. The second kappa shape index (κ2) is 5.94. The van der Waals surface area contributed by atoms with Gasteiger partial charge in [0.2, 0.25) is 0 Å². The highest BCUT2D eigenvalue weighted by Gasteiger charge is 2.41. The lowest BCUT2D eigenvalue weighted by Crippen LogP contribution is -2.54. The zero-order valence-corrected chi connectivity index (χ0v) is 14.0. The zero-order chi connectivity index (χ0) is 16.6. The third-order valence-corrected chi connectivity index (χ3v) is 5.58. The third kappa shape index (κ3) is 2.67. The normalized spacial score (nSPS) is 19.2. The molecule has 0 bridgehead atoms. The summed E-state index contributed by atoms with van der Waals surface area (Å²) in [4.78, 5) is 27.3. The van der Waals surface area contributed by atoms with Gasteiger partial charge in [0.05, 0.1) is 17.0 Å². The number of nitrogens with one attached hydrogen (secondary N) is 1. The predicted molar refractivity (Wildman–Crippen MR) is 91.6 cm³/mol. The first-order valence-electron chi connectivity index (χ1n) is 8.06. The van der Waals surface area contributed by atoms with Gasteiger partial charge >= 0.3 is 0 Å². The molecule has 1 fully saturated rings. The molecule has 2 aromatic rings. The standard InChI is InChI=1S/C18H18N2O3S/c21-16-13-4-1-2-5-14(13)23-18(12-19-16)7-9-20(10-8-18)17(22)15-6-3-11-24-15/h1-6,11H,7-10,12H2,(H,19,21). The molecule has 0 aliphatic carbocycles. The molecule has 2 aliphatic heterocycles. The van der Waals surface area contributed by atoms with Crippen molar-refractivity contribution in [1.82, 2.24) is 10.2 Å². The fraction of sp³-hybridized carbons (Fsp3) is 0.333. The van der Waals surface area contributed by atoms with Crippen LogP contribution in [-0.4, -0.2) is 41.9 Å². The van der Waals surface area contributed by atoms with Crippen molar-refractivity contribution < 1.29 is 14.3 Å². The zero-order valence-electron chi connectivity index (χ0n) is 13.2. The van der Waals surface area contributed by atoms with Gasteiger partial charge in [-0.25, -0.2) is 0 Å². The lowest BCUT2D eigenvalue weighted by molar-refractivity contribution is 0.00788. The van der Waals surface area contributed by atoms with Crippen LogP contribution in [0.3, 0.4) is 0 Å². The van der Waals surface area contributed by atoms with E-state index in [1.54, 1.807) is 6.07 Å². The number of rotatable bonds is 1. The van der Waals surface area contributed by atoms with Gasteiger partial charge in [0.15, 0.2) is 0 Å². The molecule has 4 rings (SSSR count). The maximum Gasteiger partial charge on any atom is 0.263 e. The summed E-state index contributed by atoms with van der Waals surface area (Å²) >= 11 is 1.47. The summed E-state index contributed by atoms with van der Waals surface area (Å²) in [5.41, 5.74) is 0.139. The first-order valence-corrected chi connectivity index (χ1v) is 8.94. The molecule has 0 radical (unpaired) electrons. The molecule has 0 saturated carbocycles. The molecule has 2 amide bonds. The smallest absolute Gasteiger partial charge is 0.263 e. The number of piperidine rings is 1. The Morgan fingerprint density at radius 2 is 1.96 bits per heavy atom. The monoisotopic (exact) mass is 342 g/mol. The first kappa shape index (κ1) is 15.2. The predicted octanol–water partition coefficient (Wildman–Crippen LogP) is 2.55. The summed E-state index contributed by atoms with van der Waals surface area (Å²) in [7, 11) is 0. The van der Waals surface area contributed by atoms with Crippen molar-refractivity contribution in [3.63, 3.8) is 0 Å². The SMILES string of the molecule is O=C1NCC2(CCN(C(=O)c3cccs3)CC2)Oc2ccccc21. The minimum atomic E-state index is -0.436. The number of ether oxygens (including phenoxy) is 1. The van der Waals surface area contributed by atoms with Crippen molar-refractivity contribution >= 4 is 23.2 Å². The highest BCUT2D eigenvalue weighted by Crippen LogP contribution is 2.33. The number of nitrogens with zero attached hydrogens (tertiary/aromatic N) is 1. The van der Waals surface area contributed by atoms with Gasteiger partial charge in [-0.05, 0) is 23.6 Å². The van der Waals surface area contributed by atoms with Gasteiger partial charge in [-0.3, -0.25) is 9.59 Å².